The summed E-state index contributed by atoms with van der Waals surface area (Å²) in [5, 5.41) is 11.7. The van der Waals surface area contributed by atoms with Crippen molar-refractivity contribution in [3.8, 4) is 11.3 Å². The van der Waals surface area contributed by atoms with Crippen LogP contribution in [0.5, 0.6) is 0 Å². The summed E-state index contributed by atoms with van der Waals surface area (Å²) in [6, 6.07) is 11.5. The minimum atomic E-state index is -0.202. The van der Waals surface area contributed by atoms with Gasteiger partial charge in [-0.2, -0.15) is 0 Å². The summed E-state index contributed by atoms with van der Waals surface area (Å²) in [5.41, 5.74) is 2.24. The van der Waals surface area contributed by atoms with E-state index in [2.05, 4.69) is 27.3 Å². The average Bonchev–Trinajstić information content (AvgIpc) is 3.16. The van der Waals surface area contributed by atoms with Crippen LogP contribution in [0.1, 0.15) is 50.4 Å². The van der Waals surface area contributed by atoms with Crippen LogP contribution in [-0.4, -0.2) is 34.7 Å². The summed E-state index contributed by atoms with van der Waals surface area (Å²) in [6.45, 7) is 8.24. The number of benzene rings is 1. The fourth-order valence-corrected chi connectivity index (χ4v) is 2.85. The van der Waals surface area contributed by atoms with Gasteiger partial charge in [-0.15, -0.1) is 10.2 Å². The number of nitrogens with one attached hydrogen (secondary N) is 1. The van der Waals surface area contributed by atoms with Gasteiger partial charge in [0.25, 0.3) is 5.91 Å². The van der Waals surface area contributed by atoms with E-state index in [4.69, 9.17) is 0 Å². The lowest BCUT2D eigenvalue weighted by Crippen LogP contribution is -2.42. The molecule has 0 radical (unpaired) electrons. The fourth-order valence-electron chi connectivity index (χ4n) is 2.85. The third-order valence-electron chi connectivity index (χ3n) is 4.86. The molecule has 1 aliphatic rings. The highest BCUT2D eigenvalue weighted by atomic mass is 16.1. The molecule has 5 heteroatoms. The zero-order chi connectivity index (χ0) is 17.9. The zero-order valence-electron chi connectivity index (χ0n) is 15.2. The van der Waals surface area contributed by atoms with Crippen molar-refractivity contribution in [3.63, 3.8) is 0 Å². The average molecular weight is 338 g/mol. The maximum absolute atomic E-state index is 12.3. The van der Waals surface area contributed by atoms with Crippen molar-refractivity contribution in [2.24, 2.45) is 0 Å². The van der Waals surface area contributed by atoms with E-state index < -0.39 is 0 Å². The van der Waals surface area contributed by atoms with Crippen molar-refractivity contribution in [2.75, 3.05) is 18.0 Å². The van der Waals surface area contributed by atoms with Crippen LogP contribution < -0.4 is 10.2 Å². The van der Waals surface area contributed by atoms with E-state index in [1.54, 1.807) is 0 Å². The molecule has 2 aromatic rings. The first-order chi connectivity index (χ1) is 12.0. The fraction of sp³-hybridized carbons (Fsp3) is 0.450. The van der Waals surface area contributed by atoms with Gasteiger partial charge >= 0.3 is 0 Å². The Hall–Kier alpha value is -2.43. The summed E-state index contributed by atoms with van der Waals surface area (Å²) in [7, 11) is 0. The number of anilines is 1. The van der Waals surface area contributed by atoms with Crippen LogP contribution in [0.4, 0.5) is 5.82 Å². The Morgan fingerprint density at radius 2 is 1.76 bits per heavy atom. The topological polar surface area (TPSA) is 58.1 Å². The Bertz CT molecular complexity index is 716. The van der Waals surface area contributed by atoms with Gasteiger partial charge in [-0.25, -0.2) is 0 Å². The van der Waals surface area contributed by atoms with Crippen LogP contribution in [0.15, 0.2) is 36.4 Å². The molecule has 1 saturated heterocycles. The Labute approximate surface area is 149 Å². The molecule has 25 heavy (non-hydrogen) atoms. The molecule has 0 saturated carbocycles. The molecular formula is C20H26N4O. The van der Waals surface area contributed by atoms with E-state index in [1.165, 1.54) is 12.8 Å². The number of carbonyl (C=O) groups excluding carboxylic acids is 1. The molecule has 132 valence electrons. The first-order valence-electron chi connectivity index (χ1n) is 9.00. The van der Waals surface area contributed by atoms with E-state index in [9.17, 15) is 4.79 Å². The van der Waals surface area contributed by atoms with Gasteiger partial charge in [-0.3, -0.25) is 4.79 Å². The summed E-state index contributed by atoms with van der Waals surface area (Å²) >= 11 is 0. The quantitative estimate of drug-likeness (QED) is 0.904. The summed E-state index contributed by atoms with van der Waals surface area (Å²) in [4.78, 5) is 14.6. The van der Waals surface area contributed by atoms with Crippen LogP contribution >= 0.6 is 0 Å². The molecule has 1 aliphatic heterocycles. The van der Waals surface area contributed by atoms with E-state index in [1.807, 2.05) is 50.2 Å². The highest BCUT2D eigenvalue weighted by molar-refractivity contribution is 5.95. The number of aromatic nitrogens is 2. The molecule has 1 N–H and O–H groups in total. The summed E-state index contributed by atoms with van der Waals surface area (Å²) in [5.74, 6) is 0.896. The van der Waals surface area contributed by atoms with Gasteiger partial charge in [0.15, 0.2) is 5.82 Å². The first kappa shape index (κ1) is 17.4. The summed E-state index contributed by atoms with van der Waals surface area (Å²) in [6.07, 6.45) is 3.33. The number of hydrogen-bond acceptors (Lipinski definition) is 4. The van der Waals surface area contributed by atoms with Crippen LogP contribution in [0, 0.1) is 0 Å². The van der Waals surface area contributed by atoms with E-state index in [0.717, 1.165) is 36.6 Å². The third-order valence-corrected chi connectivity index (χ3v) is 4.86. The predicted molar refractivity (Wildman–Crippen MR) is 101 cm³/mol. The number of amides is 1. The van der Waals surface area contributed by atoms with Crippen LogP contribution in [-0.2, 0) is 0 Å². The normalized spacial score (nSPS) is 14.6. The van der Waals surface area contributed by atoms with E-state index in [-0.39, 0.29) is 11.4 Å². The van der Waals surface area contributed by atoms with Gasteiger partial charge in [0.05, 0.1) is 5.69 Å². The Morgan fingerprint density at radius 1 is 1.08 bits per heavy atom. The third kappa shape index (κ3) is 4.16. The maximum atomic E-state index is 12.3. The molecule has 1 aromatic carbocycles. The van der Waals surface area contributed by atoms with Crippen LogP contribution in [0.25, 0.3) is 11.3 Å². The Balaban J connectivity index is 1.70. The van der Waals surface area contributed by atoms with Gasteiger partial charge in [0.2, 0.25) is 0 Å². The van der Waals surface area contributed by atoms with Gasteiger partial charge < -0.3 is 10.2 Å². The SMILES string of the molecule is CCC(C)(C)NC(=O)c1ccc(-c2ccc(N3CCCC3)nn2)cc1. The second-order valence-electron chi connectivity index (χ2n) is 7.24. The standard InChI is InChI=1S/C20H26N4O/c1-4-20(2,3)21-19(25)16-9-7-15(8-10-16)17-11-12-18(23-22-17)24-13-5-6-14-24/h7-12H,4-6,13-14H2,1-3H3,(H,21,25). The lowest BCUT2D eigenvalue weighted by molar-refractivity contribution is 0.0911. The molecule has 1 aromatic heterocycles. The first-order valence-corrected chi connectivity index (χ1v) is 9.00. The van der Waals surface area contributed by atoms with Crippen molar-refractivity contribution in [3.05, 3.63) is 42.0 Å². The van der Waals surface area contributed by atoms with Crippen molar-refractivity contribution in [1.29, 1.82) is 0 Å². The van der Waals surface area contributed by atoms with E-state index in [0.29, 0.717) is 5.56 Å². The number of carbonyl (C=O) groups is 1. The lowest BCUT2D eigenvalue weighted by Gasteiger charge is -2.24. The minimum absolute atomic E-state index is 0.0473. The van der Waals surface area contributed by atoms with Crippen molar-refractivity contribution in [1.82, 2.24) is 15.5 Å². The van der Waals surface area contributed by atoms with Gasteiger partial charge in [-0.05, 0) is 57.4 Å². The molecule has 3 rings (SSSR count). The minimum Gasteiger partial charge on any atom is -0.355 e. The maximum Gasteiger partial charge on any atom is 0.251 e. The molecule has 0 unspecified atom stereocenters. The lowest BCUT2D eigenvalue weighted by atomic mass is 10.0. The molecule has 1 fully saturated rings. The second-order valence-corrected chi connectivity index (χ2v) is 7.24. The van der Waals surface area contributed by atoms with Crippen LogP contribution in [0.2, 0.25) is 0 Å². The molecule has 2 heterocycles. The van der Waals surface area contributed by atoms with Crippen molar-refractivity contribution >= 4 is 11.7 Å². The number of rotatable bonds is 5. The largest absolute Gasteiger partial charge is 0.355 e. The molecule has 5 nitrogen and oxygen atoms in total. The Kier molecular flexibility index (Phi) is 5.02. The number of nitrogens with zero attached hydrogens (tertiary/aromatic N) is 3. The number of hydrogen-bond donors (Lipinski definition) is 1. The highest BCUT2D eigenvalue weighted by Gasteiger charge is 2.19. The zero-order valence-corrected chi connectivity index (χ0v) is 15.2. The van der Waals surface area contributed by atoms with Crippen molar-refractivity contribution in [2.45, 2.75) is 45.6 Å². The molecular weight excluding hydrogens is 312 g/mol. The molecule has 0 bridgehead atoms. The molecule has 1 amide bonds. The monoisotopic (exact) mass is 338 g/mol. The Morgan fingerprint density at radius 3 is 2.32 bits per heavy atom. The van der Waals surface area contributed by atoms with E-state index >= 15 is 0 Å². The van der Waals surface area contributed by atoms with Gasteiger partial charge in [0.1, 0.15) is 0 Å². The van der Waals surface area contributed by atoms with Gasteiger partial charge in [0, 0.05) is 29.8 Å². The van der Waals surface area contributed by atoms with Gasteiger partial charge in [-0.1, -0.05) is 19.1 Å². The van der Waals surface area contributed by atoms with Crippen LogP contribution in [0.3, 0.4) is 0 Å². The molecule has 0 atom stereocenters. The second kappa shape index (κ2) is 7.21. The predicted octanol–water partition coefficient (Wildman–Crippen LogP) is 3.66. The van der Waals surface area contributed by atoms with Crippen molar-refractivity contribution < 1.29 is 4.79 Å². The smallest absolute Gasteiger partial charge is 0.251 e. The summed E-state index contributed by atoms with van der Waals surface area (Å²) < 4.78 is 0. The highest BCUT2D eigenvalue weighted by Crippen LogP contribution is 2.21. The molecule has 0 spiro atoms. The molecule has 0 aliphatic carbocycles.